The molecule has 3 nitrogen and oxygen atoms in total. The molecule has 2 rings (SSSR count). The molecule has 1 amide bonds. The Hall–Kier alpha value is -1.64. The third kappa shape index (κ3) is 2.30. The quantitative estimate of drug-likeness (QED) is 0.708. The van der Waals surface area contributed by atoms with Crippen molar-refractivity contribution in [3.8, 4) is 0 Å². The van der Waals surface area contributed by atoms with Gasteiger partial charge in [0, 0.05) is 24.2 Å². The van der Waals surface area contributed by atoms with Gasteiger partial charge < -0.3 is 4.90 Å². The minimum Gasteiger partial charge on any atom is -0.339 e. The van der Waals surface area contributed by atoms with Gasteiger partial charge in [-0.3, -0.25) is 9.59 Å². The van der Waals surface area contributed by atoms with Crippen LogP contribution in [0.3, 0.4) is 0 Å². The minimum absolute atomic E-state index is 0.0607. The number of amides is 1. The molecule has 1 aromatic carbocycles. The van der Waals surface area contributed by atoms with Crippen LogP contribution in [0.1, 0.15) is 33.6 Å². The molecule has 1 aliphatic rings. The van der Waals surface area contributed by atoms with Crippen LogP contribution in [0.2, 0.25) is 0 Å². The maximum Gasteiger partial charge on any atom is 0.253 e. The van der Waals surface area contributed by atoms with Crippen molar-refractivity contribution in [2.75, 3.05) is 13.1 Å². The van der Waals surface area contributed by atoms with Gasteiger partial charge in [0.2, 0.25) is 0 Å². The Labute approximate surface area is 95.1 Å². The molecule has 1 heterocycles. The second-order valence-corrected chi connectivity index (χ2v) is 3.90. The van der Waals surface area contributed by atoms with E-state index in [0.717, 1.165) is 32.2 Å². The van der Waals surface area contributed by atoms with E-state index in [0.29, 0.717) is 11.1 Å². The molecule has 0 atom stereocenters. The average molecular weight is 216 g/mol. The fraction of sp³-hybridized carbons (Fsp3) is 0.308. The molecule has 0 unspecified atom stereocenters. The zero-order chi connectivity index (χ0) is 11.4. The molecule has 0 spiro atoms. The van der Waals surface area contributed by atoms with E-state index in [-0.39, 0.29) is 5.91 Å². The highest BCUT2D eigenvalue weighted by atomic mass is 16.2. The predicted octanol–water partition coefficient (Wildman–Crippen LogP) is 1.94. The van der Waals surface area contributed by atoms with E-state index in [1.165, 1.54) is 0 Å². The van der Waals surface area contributed by atoms with Gasteiger partial charge in [0.15, 0.2) is 0 Å². The summed E-state index contributed by atoms with van der Waals surface area (Å²) in [4.78, 5) is 24.4. The lowest BCUT2D eigenvalue weighted by Crippen LogP contribution is -2.35. The highest BCUT2D eigenvalue weighted by Crippen LogP contribution is 2.12. The number of benzene rings is 1. The average Bonchev–Trinajstić information content (AvgIpc) is 2.39. The van der Waals surface area contributed by atoms with Crippen LogP contribution in [-0.2, 0) is 0 Å². The van der Waals surface area contributed by atoms with Crippen molar-refractivity contribution in [1.29, 1.82) is 0 Å². The van der Waals surface area contributed by atoms with Crippen molar-refractivity contribution in [3.05, 3.63) is 41.8 Å². The standard InChI is InChI=1S/C13H14NO2/c15-10-11-4-6-12(7-5-11)13(16)14-8-2-1-3-9-14/h1,4-7,10H,2-3,8-9H2. The highest BCUT2D eigenvalue weighted by Gasteiger charge is 2.17. The molecule has 0 aliphatic carbocycles. The highest BCUT2D eigenvalue weighted by molar-refractivity contribution is 5.94. The smallest absolute Gasteiger partial charge is 0.253 e. The lowest BCUT2D eigenvalue weighted by Gasteiger charge is -2.26. The molecular formula is C13H14NO2. The summed E-state index contributed by atoms with van der Waals surface area (Å²) < 4.78 is 0. The first-order chi connectivity index (χ1) is 7.81. The van der Waals surface area contributed by atoms with Gasteiger partial charge in [-0.25, -0.2) is 0 Å². The molecule has 0 N–H and O–H groups in total. The van der Waals surface area contributed by atoms with Crippen LogP contribution in [0.15, 0.2) is 24.3 Å². The zero-order valence-electron chi connectivity index (χ0n) is 9.06. The normalized spacial score (nSPS) is 15.9. The second-order valence-electron chi connectivity index (χ2n) is 3.90. The van der Waals surface area contributed by atoms with Crippen molar-refractivity contribution < 1.29 is 9.59 Å². The van der Waals surface area contributed by atoms with Crippen LogP contribution in [0.4, 0.5) is 0 Å². The lowest BCUT2D eigenvalue weighted by molar-refractivity contribution is 0.0741. The number of rotatable bonds is 2. The van der Waals surface area contributed by atoms with Crippen molar-refractivity contribution in [2.45, 2.75) is 12.8 Å². The molecule has 0 saturated carbocycles. The molecule has 1 fully saturated rings. The number of carbonyl (C=O) groups excluding carboxylic acids is 2. The first-order valence-corrected chi connectivity index (χ1v) is 5.47. The summed E-state index contributed by atoms with van der Waals surface area (Å²) in [6.45, 7) is 1.60. The van der Waals surface area contributed by atoms with Crippen LogP contribution in [0, 0.1) is 6.42 Å². The fourth-order valence-electron chi connectivity index (χ4n) is 1.84. The number of aldehydes is 1. The number of piperidine rings is 1. The number of carbonyl (C=O) groups is 2. The van der Waals surface area contributed by atoms with E-state index >= 15 is 0 Å². The lowest BCUT2D eigenvalue weighted by atomic mass is 10.1. The van der Waals surface area contributed by atoms with Gasteiger partial charge in [-0.15, -0.1) is 0 Å². The maximum atomic E-state index is 12.0. The number of nitrogens with zero attached hydrogens (tertiary/aromatic N) is 1. The Morgan fingerprint density at radius 3 is 2.31 bits per heavy atom. The van der Waals surface area contributed by atoms with Crippen LogP contribution < -0.4 is 0 Å². The number of hydrogen-bond acceptors (Lipinski definition) is 2. The van der Waals surface area contributed by atoms with Gasteiger partial charge in [0.1, 0.15) is 6.29 Å². The van der Waals surface area contributed by atoms with Gasteiger partial charge in [0.05, 0.1) is 0 Å². The summed E-state index contributed by atoms with van der Waals surface area (Å²) >= 11 is 0. The molecule has 0 bridgehead atoms. The molecule has 0 aromatic heterocycles. The van der Waals surface area contributed by atoms with E-state index in [4.69, 9.17) is 0 Å². The second kappa shape index (κ2) is 4.92. The summed E-state index contributed by atoms with van der Waals surface area (Å²) in [5.74, 6) is 0.0607. The van der Waals surface area contributed by atoms with Gasteiger partial charge in [-0.2, -0.15) is 0 Å². The monoisotopic (exact) mass is 216 g/mol. The van der Waals surface area contributed by atoms with Crippen LogP contribution in [0.5, 0.6) is 0 Å². The van der Waals surface area contributed by atoms with E-state index in [1.54, 1.807) is 24.3 Å². The molecule has 83 valence electrons. The van der Waals surface area contributed by atoms with E-state index < -0.39 is 0 Å². The molecule has 1 radical (unpaired) electrons. The van der Waals surface area contributed by atoms with Gasteiger partial charge in [-0.05, 0) is 31.4 Å². The van der Waals surface area contributed by atoms with Crippen molar-refractivity contribution in [3.63, 3.8) is 0 Å². The fourth-order valence-corrected chi connectivity index (χ4v) is 1.84. The molecular weight excluding hydrogens is 202 g/mol. The Morgan fingerprint density at radius 2 is 1.75 bits per heavy atom. The molecule has 16 heavy (non-hydrogen) atoms. The third-order valence-electron chi connectivity index (χ3n) is 2.79. The first-order valence-electron chi connectivity index (χ1n) is 5.47. The minimum atomic E-state index is 0.0607. The van der Waals surface area contributed by atoms with Crippen molar-refractivity contribution in [2.24, 2.45) is 0 Å². The Kier molecular flexibility index (Phi) is 3.34. The summed E-state index contributed by atoms with van der Waals surface area (Å²) in [5, 5.41) is 0. The third-order valence-corrected chi connectivity index (χ3v) is 2.79. The van der Waals surface area contributed by atoms with E-state index in [9.17, 15) is 9.59 Å². The molecule has 1 aromatic rings. The van der Waals surface area contributed by atoms with E-state index in [2.05, 4.69) is 6.42 Å². The Morgan fingerprint density at radius 1 is 1.12 bits per heavy atom. The van der Waals surface area contributed by atoms with Crippen LogP contribution in [0.25, 0.3) is 0 Å². The first kappa shape index (κ1) is 10.9. The van der Waals surface area contributed by atoms with Gasteiger partial charge in [0.25, 0.3) is 5.91 Å². The van der Waals surface area contributed by atoms with Crippen LogP contribution in [-0.4, -0.2) is 30.2 Å². The summed E-state index contributed by atoms with van der Waals surface area (Å²) in [7, 11) is 0. The topological polar surface area (TPSA) is 37.4 Å². The summed E-state index contributed by atoms with van der Waals surface area (Å²) in [5.41, 5.74) is 1.26. The van der Waals surface area contributed by atoms with Gasteiger partial charge >= 0.3 is 0 Å². The molecule has 1 aliphatic heterocycles. The maximum absolute atomic E-state index is 12.0. The van der Waals surface area contributed by atoms with E-state index in [1.807, 2.05) is 4.90 Å². The Bertz CT molecular complexity index is 377. The number of likely N-dealkylation sites (tertiary alicyclic amines) is 1. The molecule has 3 heteroatoms. The Balaban J connectivity index is 2.10. The zero-order valence-corrected chi connectivity index (χ0v) is 9.06. The van der Waals surface area contributed by atoms with Gasteiger partial charge in [-0.1, -0.05) is 12.1 Å². The largest absolute Gasteiger partial charge is 0.339 e. The SMILES string of the molecule is O=Cc1ccc(C(=O)N2CC[CH]CC2)cc1. The summed E-state index contributed by atoms with van der Waals surface area (Å²) in [6.07, 6.45) is 4.93. The predicted molar refractivity (Wildman–Crippen MR) is 61.3 cm³/mol. The van der Waals surface area contributed by atoms with Crippen molar-refractivity contribution >= 4 is 12.2 Å². The summed E-state index contributed by atoms with van der Waals surface area (Å²) in [6, 6.07) is 6.78. The number of hydrogen-bond donors (Lipinski definition) is 0. The molecule has 1 saturated heterocycles. The van der Waals surface area contributed by atoms with Crippen molar-refractivity contribution in [1.82, 2.24) is 4.90 Å². The van der Waals surface area contributed by atoms with Crippen LogP contribution >= 0.6 is 0 Å².